The van der Waals surface area contributed by atoms with Crippen molar-refractivity contribution in [1.29, 1.82) is 0 Å². The van der Waals surface area contributed by atoms with Gasteiger partial charge in [-0.1, -0.05) is 28.1 Å². The molecule has 1 heterocycles. The van der Waals surface area contributed by atoms with Crippen LogP contribution in [0.5, 0.6) is 0 Å². The van der Waals surface area contributed by atoms with Crippen molar-refractivity contribution in [3.05, 3.63) is 39.9 Å². The van der Waals surface area contributed by atoms with Gasteiger partial charge in [0.1, 0.15) is 16.4 Å². The number of carbonyl (C=O) groups is 1. The fourth-order valence-corrected chi connectivity index (χ4v) is 2.71. The highest BCUT2D eigenvalue weighted by Gasteiger charge is 2.22. The summed E-state index contributed by atoms with van der Waals surface area (Å²) in [7, 11) is 0. The highest BCUT2D eigenvalue weighted by Crippen LogP contribution is 2.26. The second-order valence-corrected chi connectivity index (χ2v) is 5.98. The van der Waals surface area contributed by atoms with Crippen LogP contribution < -0.4 is 5.73 Å². The monoisotopic (exact) mass is 369 g/mol. The Labute approximate surface area is 136 Å². The lowest BCUT2D eigenvalue weighted by atomic mass is 10.2. The zero-order valence-electron chi connectivity index (χ0n) is 11.8. The summed E-state index contributed by atoms with van der Waals surface area (Å²) in [6, 6.07) is 7.87. The van der Waals surface area contributed by atoms with E-state index in [1.807, 2.05) is 30.5 Å². The summed E-state index contributed by atoms with van der Waals surface area (Å²) >= 11 is 4.77. The largest absolute Gasteiger partial charge is 0.462 e. The highest BCUT2D eigenvalue weighted by molar-refractivity contribution is 9.10. The normalized spacial score (nSPS) is 10.6. The lowest BCUT2D eigenvalue weighted by Crippen LogP contribution is -2.10. The summed E-state index contributed by atoms with van der Waals surface area (Å²) in [5, 5.41) is 4.98. The van der Waals surface area contributed by atoms with Crippen LogP contribution in [0, 0.1) is 0 Å². The van der Waals surface area contributed by atoms with Crippen LogP contribution in [0.3, 0.4) is 0 Å². The van der Waals surface area contributed by atoms with E-state index in [4.69, 9.17) is 10.5 Å². The second kappa shape index (κ2) is 7.00. The molecule has 1 aromatic heterocycles. The zero-order chi connectivity index (χ0) is 15.4. The molecule has 0 saturated heterocycles. The number of thioether (sulfide) groups is 1. The van der Waals surface area contributed by atoms with Crippen molar-refractivity contribution in [2.24, 2.45) is 0 Å². The summed E-state index contributed by atoms with van der Waals surface area (Å²) in [5.41, 5.74) is 7.47. The number of hydrogen-bond donors (Lipinski definition) is 1. The van der Waals surface area contributed by atoms with Gasteiger partial charge in [-0.3, -0.25) is 0 Å². The van der Waals surface area contributed by atoms with Crippen LogP contribution in [0.15, 0.2) is 33.8 Å². The summed E-state index contributed by atoms with van der Waals surface area (Å²) < 4.78 is 7.68. The summed E-state index contributed by atoms with van der Waals surface area (Å²) in [4.78, 5) is 12.0. The number of anilines is 1. The smallest absolute Gasteiger partial charge is 0.344 e. The molecule has 21 heavy (non-hydrogen) atoms. The van der Waals surface area contributed by atoms with E-state index in [0.717, 1.165) is 10.0 Å². The molecule has 5 nitrogen and oxygen atoms in total. The molecule has 0 aliphatic carbocycles. The van der Waals surface area contributed by atoms with Gasteiger partial charge in [-0.25, -0.2) is 9.48 Å². The van der Waals surface area contributed by atoms with Gasteiger partial charge in [0.2, 0.25) is 0 Å². The van der Waals surface area contributed by atoms with E-state index in [1.54, 1.807) is 11.6 Å². The first-order valence-electron chi connectivity index (χ1n) is 6.38. The first-order valence-corrected chi connectivity index (χ1v) is 8.40. The van der Waals surface area contributed by atoms with Gasteiger partial charge in [-0.15, -0.1) is 11.8 Å². The Balaban J connectivity index is 2.32. The van der Waals surface area contributed by atoms with Crippen LogP contribution >= 0.6 is 27.7 Å². The molecule has 0 spiro atoms. The number of nitrogens with zero attached hydrogens (tertiary/aromatic N) is 2. The first-order chi connectivity index (χ1) is 10.1. The molecule has 1 aromatic carbocycles. The Bertz CT molecular complexity index is 640. The predicted octanol–water partition coefficient (Wildman–Crippen LogP) is 3.17. The molecule has 112 valence electrons. The molecule has 7 heteroatoms. The minimum absolute atomic E-state index is 0.310. The van der Waals surface area contributed by atoms with E-state index in [0.29, 0.717) is 29.6 Å². The number of hydrogen-bond acceptors (Lipinski definition) is 5. The Morgan fingerprint density at radius 3 is 2.67 bits per heavy atom. The molecule has 2 aromatic rings. The maximum atomic E-state index is 12.0. The number of benzene rings is 1. The average molecular weight is 370 g/mol. The topological polar surface area (TPSA) is 70.1 Å². The number of aromatic nitrogens is 2. The van der Waals surface area contributed by atoms with Crippen LogP contribution in [0.1, 0.15) is 22.8 Å². The Hall–Kier alpha value is -1.47. The van der Waals surface area contributed by atoms with E-state index < -0.39 is 5.97 Å². The zero-order valence-corrected chi connectivity index (χ0v) is 14.2. The second-order valence-electron chi connectivity index (χ2n) is 4.27. The van der Waals surface area contributed by atoms with Crippen molar-refractivity contribution in [3.8, 4) is 0 Å². The predicted molar refractivity (Wildman–Crippen MR) is 87.6 cm³/mol. The Kier molecular flexibility index (Phi) is 5.30. The van der Waals surface area contributed by atoms with E-state index >= 15 is 0 Å². The Morgan fingerprint density at radius 2 is 2.10 bits per heavy atom. The molecular weight excluding hydrogens is 354 g/mol. The number of nitrogens with two attached hydrogens (primary N) is 1. The fourth-order valence-electron chi connectivity index (χ4n) is 1.87. The van der Waals surface area contributed by atoms with E-state index in [9.17, 15) is 4.79 Å². The lowest BCUT2D eigenvalue weighted by molar-refractivity contribution is 0.0523. The minimum atomic E-state index is -0.429. The van der Waals surface area contributed by atoms with Crippen LogP contribution in [-0.2, 0) is 11.3 Å². The molecule has 2 rings (SSSR count). The van der Waals surface area contributed by atoms with E-state index in [2.05, 4.69) is 21.0 Å². The quantitative estimate of drug-likeness (QED) is 0.647. The fraction of sp³-hybridized carbons (Fsp3) is 0.286. The third-order valence-electron chi connectivity index (χ3n) is 2.88. The SMILES string of the molecule is CCOC(=O)c1c(SC)nn(Cc2ccc(Br)cc2)c1N. The van der Waals surface area contributed by atoms with Crippen molar-refractivity contribution >= 4 is 39.5 Å². The molecule has 0 unspecified atom stereocenters. The molecule has 0 radical (unpaired) electrons. The standard InChI is InChI=1S/C14H16BrN3O2S/c1-3-20-14(19)11-12(16)18(17-13(11)21-2)8-9-4-6-10(15)7-5-9/h4-7H,3,8,16H2,1-2H3. The third kappa shape index (κ3) is 3.59. The number of rotatable bonds is 5. The van der Waals surface area contributed by atoms with Crippen molar-refractivity contribution in [3.63, 3.8) is 0 Å². The van der Waals surface area contributed by atoms with Gasteiger partial charge in [0.05, 0.1) is 13.2 Å². The number of nitrogen functional groups attached to an aromatic ring is 1. The summed E-state index contributed by atoms with van der Waals surface area (Å²) in [5.74, 6) is -0.0953. The molecule has 0 amide bonds. The Morgan fingerprint density at radius 1 is 1.43 bits per heavy atom. The molecule has 0 atom stereocenters. The highest BCUT2D eigenvalue weighted by atomic mass is 79.9. The van der Waals surface area contributed by atoms with Gasteiger partial charge >= 0.3 is 5.97 Å². The molecule has 0 fully saturated rings. The first kappa shape index (κ1) is 15.9. The molecule has 0 bridgehead atoms. The lowest BCUT2D eigenvalue weighted by Gasteiger charge is -2.05. The summed E-state index contributed by atoms with van der Waals surface area (Å²) in [6.45, 7) is 2.58. The number of carbonyl (C=O) groups excluding carboxylic acids is 1. The van der Waals surface area contributed by atoms with Crippen LogP contribution in [-0.4, -0.2) is 28.6 Å². The van der Waals surface area contributed by atoms with Gasteiger partial charge in [0, 0.05) is 4.47 Å². The van der Waals surface area contributed by atoms with Crippen LogP contribution in [0.25, 0.3) is 0 Å². The molecule has 0 saturated carbocycles. The van der Waals surface area contributed by atoms with Crippen molar-refractivity contribution in [2.75, 3.05) is 18.6 Å². The third-order valence-corrected chi connectivity index (χ3v) is 4.08. The van der Waals surface area contributed by atoms with Gasteiger partial charge in [-0.05, 0) is 30.9 Å². The summed E-state index contributed by atoms with van der Waals surface area (Å²) in [6.07, 6.45) is 1.86. The maximum Gasteiger partial charge on any atom is 0.344 e. The van der Waals surface area contributed by atoms with Crippen molar-refractivity contribution in [1.82, 2.24) is 9.78 Å². The molecule has 0 aliphatic rings. The van der Waals surface area contributed by atoms with Gasteiger partial charge in [-0.2, -0.15) is 5.10 Å². The van der Waals surface area contributed by atoms with Gasteiger partial charge in [0.25, 0.3) is 0 Å². The number of halogens is 1. The van der Waals surface area contributed by atoms with Crippen LogP contribution in [0.4, 0.5) is 5.82 Å². The van der Waals surface area contributed by atoms with E-state index in [-0.39, 0.29) is 0 Å². The van der Waals surface area contributed by atoms with Gasteiger partial charge < -0.3 is 10.5 Å². The average Bonchev–Trinajstić information content (AvgIpc) is 2.78. The number of esters is 1. The van der Waals surface area contributed by atoms with Crippen molar-refractivity contribution < 1.29 is 9.53 Å². The maximum absolute atomic E-state index is 12.0. The van der Waals surface area contributed by atoms with Crippen molar-refractivity contribution in [2.45, 2.75) is 18.5 Å². The van der Waals surface area contributed by atoms with E-state index in [1.165, 1.54) is 11.8 Å². The molecule has 2 N–H and O–H groups in total. The minimum Gasteiger partial charge on any atom is -0.462 e. The number of ether oxygens (including phenoxy) is 1. The van der Waals surface area contributed by atoms with Gasteiger partial charge in [0.15, 0.2) is 0 Å². The molecular formula is C14H16BrN3O2S. The molecule has 0 aliphatic heterocycles. The van der Waals surface area contributed by atoms with Crippen LogP contribution in [0.2, 0.25) is 0 Å².